The molecule has 1 aliphatic rings. The molecular weight excluding hydrogens is 408 g/mol. The SMILES string of the molecule is COc1ccc(CCN(Cc2ccco2)C(=O)CN(C(=O)C2CC2)C(C)(C)C)cc1OC. The normalized spacial score (nSPS) is 13.5. The van der Waals surface area contributed by atoms with Crippen molar-refractivity contribution in [3.63, 3.8) is 0 Å². The van der Waals surface area contributed by atoms with E-state index in [1.54, 1.807) is 30.3 Å². The van der Waals surface area contributed by atoms with E-state index in [1.807, 2.05) is 51.1 Å². The summed E-state index contributed by atoms with van der Waals surface area (Å²) in [7, 11) is 3.21. The first-order valence-electron chi connectivity index (χ1n) is 11.1. The average molecular weight is 443 g/mol. The van der Waals surface area contributed by atoms with Crippen molar-refractivity contribution in [2.45, 2.75) is 52.1 Å². The first-order valence-corrected chi connectivity index (χ1v) is 11.1. The molecule has 1 fully saturated rings. The zero-order chi connectivity index (χ0) is 23.3. The molecule has 0 unspecified atom stereocenters. The Morgan fingerprint density at radius 3 is 2.38 bits per heavy atom. The highest BCUT2D eigenvalue weighted by molar-refractivity contribution is 5.87. The molecule has 174 valence electrons. The number of amides is 2. The van der Waals surface area contributed by atoms with Gasteiger partial charge in [0.15, 0.2) is 11.5 Å². The van der Waals surface area contributed by atoms with Crippen molar-refractivity contribution in [1.82, 2.24) is 9.80 Å². The van der Waals surface area contributed by atoms with E-state index in [2.05, 4.69) is 0 Å². The number of furan rings is 1. The minimum Gasteiger partial charge on any atom is -0.493 e. The standard InChI is InChI=1S/C25H34N2O5/c1-25(2,3)27(24(29)19-9-10-19)17-23(28)26(16-20-7-6-14-32-20)13-12-18-8-11-21(30-4)22(15-18)31-5/h6-8,11,14-15,19H,9-10,12-13,16-17H2,1-5H3. The van der Waals surface area contributed by atoms with E-state index in [-0.39, 0.29) is 24.3 Å². The van der Waals surface area contributed by atoms with E-state index >= 15 is 0 Å². The minimum atomic E-state index is -0.422. The Labute approximate surface area is 190 Å². The van der Waals surface area contributed by atoms with E-state index in [4.69, 9.17) is 13.9 Å². The van der Waals surface area contributed by atoms with Gasteiger partial charge < -0.3 is 23.7 Å². The van der Waals surface area contributed by atoms with Crippen molar-refractivity contribution >= 4 is 11.8 Å². The number of hydrogen-bond donors (Lipinski definition) is 0. The smallest absolute Gasteiger partial charge is 0.242 e. The maximum atomic E-state index is 13.4. The van der Waals surface area contributed by atoms with Crippen LogP contribution in [0.3, 0.4) is 0 Å². The molecule has 32 heavy (non-hydrogen) atoms. The summed E-state index contributed by atoms with van der Waals surface area (Å²) < 4.78 is 16.2. The highest BCUT2D eigenvalue weighted by atomic mass is 16.5. The molecule has 0 atom stereocenters. The van der Waals surface area contributed by atoms with Gasteiger partial charge in [0.05, 0.1) is 27.0 Å². The Hall–Kier alpha value is -2.96. The molecule has 0 spiro atoms. The van der Waals surface area contributed by atoms with Crippen LogP contribution in [-0.4, -0.2) is 54.5 Å². The van der Waals surface area contributed by atoms with Crippen LogP contribution < -0.4 is 9.47 Å². The number of methoxy groups -OCH3 is 2. The van der Waals surface area contributed by atoms with Crippen molar-refractivity contribution in [3.05, 3.63) is 47.9 Å². The number of ether oxygens (including phenoxy) is 2. The lowest BCUT2D eigenvalue weighted by Gasteiger charge is -2.37. The third-order valence-corrected chi connectivity index (χ3v) is 5.69. The third-order valence-electron chi connectivity index (χ3n) is 5.69. The summed E-state index contributed by atoms with van der Waals surface area (Å²) in [4.78, 5) is 29.7. The van der Waals surface area contributed by atoms with Crippen LogP contribution in [0.25, 0.3) is 0 Å². The molecule has 0 aliphatic heterocycles. The van der Waals surface area contributed by atoms with Gasteiger partial charge in [-0.1, -0.05) is 6.07 Å². The summed E-state index contributed by atoms with van der Waals surface area (Å²) in [6, 6.07) is 9.42. The Morgan fingerprint density at radius 2 is 1.81 bits per heavy atom. The highest BCUT2D eigenvalue weighted by Gasteiger charge is 2.39. The van der Waals surface area contributed by atoms with E-state index in [1.165, 1.54) is 0 Å². The second kappa shape index (κ2) is 10.1. The molecule has 1 aliphatic carbocycles. The maximum Gasteiger partial charge on any atom is 0.242 e. The third kappa shape index (κ3) is 6.05. The van der Waals surface area contributed by atoms with Crippen LogP contribution in [0.2, 0.25) is 0 Å². The predicted octanol–water partition coefficient (Wildman–Crippen LogP) is 3.91. The van der Waals surface area contributed by atoms with Crippen molar-refractivity contribution in [2.24, 2.45) is 5.92 Å². The summed E-state index contributed by atoms with van der Waals surface area (Å²) in [5.74, 6) is 2.07. The number of hydrogen-bond acceptors (Lipinski definition) is 5. The number of carbonyl (C=O) groups excluding carboxylic acids is 2. The fourth-order valence-corrected chi connectivity index (χ4v) is 3.61. The molecule has 1 heterocycles. The molecular formula is C25H34N2O5. The molecule has 7 heteroatoms. The largest absolute Gasteiger partial charge is 0.493 e. The van der Waals surface area contributed by atoms with Gasteiger partial charge in [-0.05, 0) is 69.9 Å². The zero-order valence-electron chi connectivity index (χ0n) is 19.7. The van der Waals surface area contributed by atoms with Gasteiger partial charge in [0, 0.05) is 18.0 Å². The molecule has 0 N–H and O–H groups in total. The van der Waals surface area contributed by atoms with Gasteiger partial charge >= 0.3 is 0 Å². The average Bonchev–Trinajstić information content (AvgIpc) is 3.49. The summed E-state index contributed by atoms with van der Waals surface area (Å²) in [5, 5.41) is 0. The van der Waals surface area contributed by atoms with Gasteiger partial charge in [-0.3, -0.25) is 9.59 Å². The molecule has 3 rings (SSSR count). The van der Waals surface area contributed by atoms with Crippen molar-refractivity contribution in [2.75, 3.05) is 27.3 Å². The van der Waals surface area contributed by atoms with Crippen LogP contribution in [0.4, 0.5) is 0 Å². The molecule has 1 aromatic heterocycles. The highest BCUT2D eigenvalue weighted by Crippen LogP contribution is 2.33. The van der Waals surface area contributed by atoms with Gasteiger partial charge in [-0.2, -0.15) is 0 Å². The molecule has 1 saturated carbocycles. The fourth-order valence-electron chi connectivity index (χ4n) is 3.61. The lowest BCUT2D eigenvalue weighted by atomic mass is 10.0. The molecule has 0 radical (unpaired) electrons. The Kier molecular flexibility index (Phi) is 7.48. The molecule has 1 aromatic carbocycles. The molecule has 0 bridgehead atoms. The lowest BCUT2D eigenvalue weighted by molar-refractivity contribution is -0.146. The zero-order valence-corrected chi connectivity index (χ0v) is 19.7. The lowest BCUT2D eigenvalue weighted by Crippen LogP contribution is -2.51. The van der Waals surface area contributed by atoms with E-state index < -0.39 is 5.54 Å². The summed E-state index contributed by atoms with van der Waals surface area (Å²) in [5.41, 5.74) is 0.608. The number of nitrogens with zero attached hydrogens (tertiary/aromatic N) is 2. The van der Waals surface area contributed by atoms with Crippen molar-refractivity contribution < 1.29 is 23.5 Å². The summed E-state index contributed by atoms with van der Waals surface area (Å²) in [6.07, 6.45) is 4.06. The van der Waals surface area contributed by atoms with Gasteiger partial charge in [0.1, 0.15) is 12.3 Å². The van der Waals surface area contributed by atoms with Crippen LogP contribution in [0.1, 0.15) is 44.9 Å². The molecule has 2 aromatic rings. The van der Waals surface area contributed by atoms with Crippen LogP contribution in [-0.2, 0) is 22.6 Å². The van der Waals surface area contributed by atoms with E-state index in [0.29, 0.717) is 36.8 Å². The van der Waals surface area contributed by atoms with Crippen LogP contribution >= 0.6 is 0 Å². The minimum absolute atomic E-state index is 0.0610. The quantitative estimate of drug-likeness (QED) is 0.558. The van der Waals surface area contributed by atoms with Crippen LogP contribution in [0.15, 0.2) is 41.0 Å². The van der Waals surface area contributed by atoms with Crippen LogP contribution in [0, 0.1) is 5.92 Å². The second-order valence-electron chi connectivity index (χ2n) is 9.20. The predicted molar refractivity (Wildman–Crippen MR) is 122 cm³/mol. The Morgan fingerprint density at radius 1 is 1.09 bits per heavy atom. The van der Waals surface area contributed by atoms with Gasteiger partial charge in [0.25, 0.3) is 0 Å². The van der Waals surface area contributed by atoms with Gasteiger partial charge in [0.2, 0.25) is 11.8 Å². The van der Waals surface area contributed by atoms with Gasteiger partial charge in [-0.25, -0.2) is 0 Å². The molecule has 7 nitrogen and oxygen atoms in total. The monoisotopic (exact) mass is 442 g/mol. The number of carbonyl (C=O) groups is 2. The summed E-state index contributed by atoms with van der Waals surface area (Å²) >= 11 is 0. The topological polar surface area (TPSA) is 72.2 Å². The maximum absolute atomic E-state index is 13.4. The second-order valence-corrected chi connectivity index (χ2v) is 9.20. The van der Waals surface area contributed by atoms with Crippen molar-refractivity contribution in [1.29, 1.82) is 0 Å². The molecule has 2 amide bonds. The van der Waals surface area contributed by atoms with Crippen LogP contribution in [0.5, 0.6) is 11.5 Å². The Balaban J connectivity index is 1.74. The van der Waals surface area contributed by atoms with Crippen molar-refractivity contribution in [3.8, 4) is 11.5 Å². The number of rotatable bonds is 10. The first-order chi connectivity index (χ1) is 15.2. The number of benzene rings is 1. The molecule has 0 saturated heterocycles. The van der Waals surface area contributed by atoms with Gasteiger partial charge in [-0.15, -0.1) is 0 Å². The first kappa shape index (κ1) is 23.7. The van der Waals surface area contributed by atoms with E-state index in [9.17, 15) is 9.59 Å². The van der Waals surface area contributed by atoms with E-state index in [0.717, 1.165) is 18.4 Å². The Bertz CT molecular complexity index is 913. The fraction of sp³-hybridized carbons (Fsp3) is 0.520. The summed E-state index contributed by atoms with van der Waals surface area (Å²) in [6.45, 7) is 6.83.